The molecule has 0 aliphatic heterocycles. The van der Waals surface area contributed by atoms with Crippen LogP contribution in [0, 0.1) is 11.3 Å². The SMILES string of the molecule is CCNC(c1ccnn1CC)C1CCC(C)(C)CC1. The molecule has 0 radical (unpaired) electrons. The molecule has 1 fully saturated rings. The molecule has 1 aromatic heterocycles. The van der Waals surface area contributed by atoms with Crippen molar-refractivity contribution in [1.82, 2.24) is 15.1 Å². The maximum absolute atomic E-state index is 4.44. The molecule has 1 unspecified atom stereocenters. The van der Waals surface area contributed by atoms with Gasteiger partial charge in [-0.15, -0.1) is 0 Å². The number of hydrogen-bond donors (Lipinski definition) is 1. The Morgan fingerprint density at radius 1 is 1.37 bits per heavy atom. The smallest absolute Gasteiger partial charge is 0.0556 e. The molecule has 2 rings (SSSR count). The minimum Gasteiger partial charge on any atom is -0.309 e. The Morgan fingerprint density at radius 2 is 2.05 bits per heavy atom. The van der Waals surface area contributed by atoms with Gasteiger partial charge in [-0.1, -0.05) is 20.8 Å². The third kappa shape index (κ3) is 3.38. The van der Waals surface area contributed by atoms with Crippen LogP contribution in [0.5, 0.6) is 0 Å². The van der Waals surface area contributed by atoms with E-state index in [0.29, 0.717) is 11.5 Å². The van der Waals surface area contributed by atoms with Crippen molar-refractivity contribution in [3.05, 3.63) is 18.0 Å². The van der Waals surface area contributed by atoms with E-state index < -0.39 is 0 Å². The minimum atomic E-state index is 0.476. The van der Waals surface area contributed by atoms with Crippen molar-refractivity contribution in [2.75, 3.05) is 6.54 Å². The number of rotatable bonds is 5. The van der Waals surface area contributed by atoms with Gasteiger partial charge in [-0.25, -0.2) is 0 Å². The molecule has 3 heteroatoms. The Balaban J connectivity index is 2.12. The van der Waals surface area contributed by atoms with Crippen LogP contribution in [0.1, 0.15) is 65.1 Å². The van der Waals surface area contributed by atoms with Gasteiger partial charge in [0.15, 0.2) is 0 Å². The summed E-state index contributed by atoms with van der Waals surface area (Å²) >= 11 is 0. The summed E-state index contributed by atoms with van der Waals surface area (Å²) < 4.78 is 2.15. The molecule has 3 nitrogen and oxygen atoms in total. The second-order valence-electron chi connectivity index (χ2n) is 6.61. The number of nitrogens with zero attached hydrogens (tertiary/aromatic N) is 2. The van der Waals surface area contributed by atoms with Crippen LogP contribution in [0.4, 0.5) is 0 Å². The van der Waals surface area contributed by atoms with Crippen LogP contribution < -0.4 is 5.32 Å². The molecule has 0 saturated heterocycles. The second kappa shape index (κ2) is 6.08. The van der Waals surface area contributed by atoms with E-state index in [4.69, 9.17) is 0 Å². The monoisotopic (exact) mass is 263 g/mol. The first kappa shape index (κ1) is 14.6. The zero-order chi connectivity index (χ0) is 13.9. The van der Waals surface area contributed by atoms with Crippen LogP contribution in [-0.2, 0) is 6.54 Å². The van der Waals surface area contributed by atoms with Crippen molar-refractivity contribution in [2.24, 2.45) is 11.3 Å². The summed E-state index contributed by atoms with van der Waals surface area (Å²) in [4.78, 5) is 0. The van der Waals surface area contributed by atoms with Gasteiger partial charge in [-0.3, -0.25) is 4.68 Å². The standard InChI is InChI=1S/C16H29N3/c1-5-17-15(14-9-12-18-19(14)6-2)13-7-10-16(3,4)11-8-13/h9,12-13,15,17H,5-8,10-11H2,1-4H3. The highest BCUT2D eigenvalue weighted by Crippen LogP contribution is 2.42. The van der Waals surface area contributed by atoms with Gasteiger partial charge in [0.05, 0.1) is 11.7 Å². The fourth-order valence-corrected chi connectivity index (χ4v) is 3.36. The van der Waals surface area contributed by atoms with Gasteiger partial charge >= 0.3 is 0 Å². The average Bonchev–Trinajstić information content (AvgIpc) is 2.84. The van der Waals surface area contributed by atoms with Crippen molar-refractivity contribution in [1.29, 1.82) is 0 Å². The zero-order valence-corrected chi connectivity index (χ0v) is 12.9. The van der Waals surface area contributed by atoms with Crippen LogP contribution in [0.25, 0.3) is 0 Å². The fourth-order valence-electron chi connectivity index (χ4n) is 3.36. The van der Waals surface area contributed by atoms with E-state index in [9.17, 15) is 0 Å². The number of hydrogen-bond acceptors (Lipinski definition) is 2. The molecule has 1 aliphatic carbocycles. The highest BCUT2D eigenvalue weighted by molar-refractivity contribution is 5.09. The molecule has 19 heavy (non-hydrogen) atoms. The molecular weight excluding hydrogens is 234 g/mol. The lowest BCUT2D eigenvalue weighted by molar-refractivity contribution is 0.159. The van der Waals surface area contributed by atoms with E-state index in [1.807, 2.05) is 6.20 Å². The van der Waals surface area contributed by atoms with Gasteiger partial charge < -0.3 is 5.32 Å². The van der Waals surface area contributed by atoms with Gasteiger partial charge in [-0.05, 0) is 56.6 Å². The van der Waals surface area contributed by atoms with Gasteiger partial charge in [0, 0.05) is 12.7 Å². The van der Waals surface area contributed by atoms with E-state index in [0.717, 1.165) is 19.0 Å². The van der Waals surface area contributed by atoms with Gasteiger partial charge in [0.25, 0.3) is 0 Å². The Morgan fingerprint density at radius 3 is 2.63 bits per heavy atom. The zero-order valence-electron chi connectivity index (χ0n) is 12.9. The van der Waals surface area contributed by atoms with Crippen LogP contribution >= 0.6 is 0 Å². The molecular formula is C16H29N3. The molecule has 0 amide bonds. The first-order valence-electron chi connectivity index (χ1n) is 7.82. The molecule has 1 aromatic rings. The summed E-state index contributed by atoms with van der Waals surface area (Å²) in [7, 11) is 0. The molecule has 0 aromatic carbocycles. The summed E-state index contributed by atoms with van der Waals surface area (Å²) in [6.07, 6.45) is 7.30. The lowest BCUT2D eigenvalue weighted by Gasteiger charge is -2.38. The highest BCUT2D eigenvalue weighted by atomic mass is 15.3. The van der Waals surface area contributed by atoms with E-state index in [1.165, 1.54) is 31.4 Å². The Kier molecular flexibility index (Phi) is 4.67. The van der Waals surface area contributed by atoms with Crippen LogP contribution in [0.3, 0.4) is 0 Å². The molecule has 108 valence electrons. The largest absolute Gasteiger partial charge is 0.309 e. The molecule has 1 N–H and O–H groups in total. The fraction of sp³-hybridized carbons (Fsp3) is 0.812. The van der Waals surface area contributed by atoms with Crippen molar-refractivity contribution in [3.8, 4) is 0 Å². The van der Waals surface area contributed by atoms with Gasteiger partial charge in [0.2, 0.25) is 0 Å². The van der Waals surface area contributed by atoms with E-state index in [-0.39, 0.29) is 0 Å². The van der Waals surface area contributed by atoms with Gasteiger partial charge in [-0.2, -0.15) is 5.10 Å². The van der Waals surface area contributed by atoms with Crippen LogP contribution in [-0.4, -0.2) is 16.3 Å². The topological polar surface area (TPSA) is 29.9 Å². The van der Waals surface area contributed by atoms with E-state index in [1.54, 1.807) is 0 Å². The summed E-state index contributed by atoms with van der Waals surface area (Å²) in [5.74, 6) is 0.759. The maximum Gasteiger partial charge on any atom is 0.0556 e. The highest BCUT2D eigenvalue weighted by Gasteiger charge is 2.32. The molecule has 0 bridgehead atoms. The van der Waals surface area contributed by atoms with E-state index in [2.05, 4.69) is 48.9 Å². The predicted octanol–water partition coefficient (Wildman–Crippen LogP) is 3.77. The number of aromatic nitrogens is 2. The van der Waals surface area contributed by atoms with Crippen molar-refractivity contribution in [2.45, 2.75) is 66.0 Å². The van der Waals surface area contributed by atoms with Crippen LogP contribution in [0.2, 0.25) is 0 Å². The third-order valence-electron chi connectivity index (χ3n) is 4.65. The predicted molar refractivity (Wildman–Crippen MR) is 80.1 cm³/mol. The number of aryl methyl sites for hydroxylation is 1. The lowest BCUT2D eigenvalue weighted by atomic mass is 9.70. The van der Waals surface area contributed by atoms with Crippen molar-refractivity contribution < 1.29 is 0 Å². The summed E-state index contributed by atoms with van der Waals surface area (Å²) in [6, 6.07) is 2.67. The van der Waals surface area contributed by atoms with Gasteiger partial charge in [0.1, 0.15) is 0 Å². The summed E-state index contributed by atoms with van der Waals surface area (Å²) in [5, 5.41) is 8.13. The Labute approximate surface area is 117 Å². The first-order chi connectivity index (χ1) is 9.07. The minimum absolute atomic E-state index is 0.476. The normalized spacial score (nSPS) is 21.5. The summed E-state index contributed by atoms with van der Waals surface area (Å²) in [6.45, 7) is 11.2. The molecule has 1 atom stereocenters. The lowest BCUT2D eigenvalue weighted by Crippen LogP contribution is -2.34. The average molecular weight is 263 g/mol. The first-order valence-corrected chi connectivity index (χ1v) is 7.82. The van der Waals surface area contributed by atoms with Crippen molar-refractivity contribution >= 4 is 0 Å². The second-order valence-corrected chi connectivity index (χ2v) is 6.61. The number of nitrogens with one attached hydrogen (secondary N) is 1. The molecule has 0 spiro atoms. The molecule has 1 saturated carbocycles. The van der Waals surface area contributed by atoms with Crippen LogP contribution in [0.15, 0.2) is 12.3 Å². The maximum atomic E-state index is 4.44. The third-order valence-corrected chi connectivity index (χ3v) is 4.65. The summed E-state index contributed by atoms with van der Waals surface area (Å²) in [5.41, 5.74) is 1.91. The molecule has 1 heterocycles. The molecule has 1 aliphatic rings. The van der Waals surface area contributed by atoms with E-state index >= 15 is 0 Å². The Hall–Kier alpha value is -0.830. The Bertz CT molecular complexity index is 384. The quantitative estimate of drug-likeness (QED) is 0.876. The van der Waals surface area contributed by atoms with Crippen molar-refractivity contribution in [3.63, 3.8) is 0 Å².